The Morgan fingerprint density at radius 3 is 2.07 bits per heavy atom. The van der Waals surface area contributed by atoms with Gasteiger partial charge in [-0.3, -0.25) is 0 Å². The van der Waals surface area contributed by atoms with Crippen LogP contribution in [0.15, 0.2) is 0 Å². The van der Waals surface area contributed by atoms with Gasteiger partial charge >= 0.3 is 20.2 Å². The van der Waals surface area contributed by atoms with Crippen molar-refractivity contribution in [1.82, 2.24) is 0 Å². The number of rotatable bonds is 5. The molecule has 1 N–H and O–H groups in total. The first-order chi connectivity index (χ1) is 6.29. The van der Waals surface area contributed by atoms with Crippen LogP contribution in [0.5, 0.6) is 0 Å². The molecule has 2 atom stereocenters. The van der Waals surface area contributed by atoms with Crippen molar-refractivity contribution < 1.29 is 31.9 Å². The van der Waals surface area contributed by atoms with Crippen molar-refractivity contribution in [1.29, 1.82) is 0 Å². The molecular formula is C6H11F3O4P+. The zero-order valence-electron chi connectivity index (χ0n) is 7.67. The zero-order chi connectivity index (χ0) is 11.4. The van der Waals surface area contributed by atoms with E-state index in [-0.39, 0.29) is 6.61 Å². The fraction of sp³-hybridized carbons (Fsp3) is 1.00. The average Bonchev–Trinajstić information content (AvgIpc) is 2.00. The summed E-state index contributed by atoms with van der Waals surface area (Å²) in [6.07, 6.45) is -5.43. The van der Waals surface area contributed by atoms with Crippen LogP contribution >= 0.6 is 8.25 Å². The molecule has 0 saturated heterocycles. The largest absolute Gasteiger partial charge is 0.698 e. The quantitative estimate of drug-likeness (QED) is 0.587. The van der Waals surface area contributed by atoms with E-state index < -0.39 is 26.6 Å². The van der Waals surface area contributed by atoms with Crippen molar-refractivity contribution in [3.05, 3.63) is 0 Å². The highest BCUT2D eigenvalue weighted by atomic mass is 31.1. The van der Waals surface area contributed by atoms with Gasteiger partial charge in [-0.2, -0.15) is 13.2 Å². The van der Waals surface area contributed by atoms with E-state index in [1.165, 1.54) is 6.92 Å². The molecule has 0 spiro atoms. The summed E-state index contributed by atoms with van der Waals surface area (Å²) in [5.41, 5.74) is 0. The second-order valence-corrected chi connectivity index (χ2v) is 3.02. The number of halogens is 3. The summed E-state index contributed by atoms with van der Waals surface area (Å²) in [6.45, 7) is 2.22. The van der Waals surface area contributed by atoms with Gasteiger partial charge in [0.15, 0.2) is 0 Å². The molecule has 0 amide bonds. The molecule has 0 bridgehead atoms. The Kier molecular flexibility index (Phi) is 4.94. The van der Waals surface area contributed by atoms with Gasteiger partial charge in [0, 0.05) is 17.6 Å². The van der Waals surface area contributed by atoms with Crippen molar-refractivity contribution in [3.8, 4) is 0 Å². The minimum absolute atomic E-state index is 0.267. The maximum Gasteiger partial charge on any atom is 0.698 e. The van der Waals surface area contributed by atoms with Gasteiger partial charge in [0.2, 0.25) is 0 Å². The minimum Gasteiger partial charge on any atom is -0.339 e. The minimum atomic E-state index is -4.84. The molecule has 0 heterocycles. The first-order valence-corrected chi connectivity index (χ1v) is 4.98. The molecular weight excluding hydrogens is 224 g/mol. The molecule has 0 aromatic rings. The van der Waals surface area contributed by atoms with E-state index in [0.29, 0.717) is 0 Å². The molecule has 0 aliphatic heterocycles. The summed E-state index contributed by atoms with van der Waals surface area (Å²) in [4.78, 5) is 8.32. The van der Waals surface area contributed by atoms with Crippen molar-refractivity contribution in [3.63, 3.8) is 0 Å². The van der Waals surface area contributed by atoms with E-state index in [4.69, 9.17) is 4.89 Å². The van der Waals surface area contributed by atoms with Gasteiger partial charge in [-0.25, -0.2) is 0 Å². The second kappa shape index (κ2) is 5.02. The van der Waals surface area contributed by atoms with Crippen LogP contribution in [0, 0.1) is 0 Å². The van der Waals surface area contributed by atoms with Gasteiger partial charge in [-0.15, -0.1) is 4.89 Å². The van der Waals surface area contributed by atoms with Gasteiger partial charge in [-0.1, -0.05) is 11.4 Å². The Balaban J connectivity index is 4.87. The van der Waals surface area contributed by atoms with Crippen LogP contribution in [0.3, 0.4) is 0 Å². The topological polar surface area (TPSA) is 55.8 Å². The lowest BCUT2D eigenvalue weighted by molar-refractivity contribution is -0.352. The van der Waals surface area contributed by atoms with Gasteiger partial charge in [-0.05, 0) is 6.92 Å². The Hall–Kier alpha value is -0.230. The first-order valence-electron chi connectivity index (χ1n) is 3.85. The highest BCUT2D eigenvalue weighted by Crippen LogP contribution is 2.42. The predicted molar refractivity (Wildman–Crippen MR) is 41.6 cm³/mol. The van der Waals surface area contributed by atoms with Crippen LogP contribution in [0.1, 0.15) is 20.3 Å². The molecule has 2 unspecified atom stereocenters. The summed E-state index contributed by atoms with van der Waals surface area (Å²) in [7, 11) is -3.37. The summed E-state index contributed by atoms with van der Waals surface area (Å²) >= 11 is 0. The highest BCUT2D eigenvalue weighted by molar-refractivity contribution is 7.32. The standard InChI is InChI=1S/C6H10F3O4P/c1-3-5(12-4-2,6(7,8)9)13-14(10)11/h3-4H2,1-2H3/p+1. The Bertz CT molecular complexity index is 208. The van der Waals surface area contributed by atoms with E-state index in [9.17, 15) is 17.7 Å². The Morgan fingerprint density at radius 2 is 1.86 bits per heavy atom. The lowest BCUT2D eigenvalue weighted by Gasteiger charge is -2.27. The molecule has 0 rings (SSSR count). The van der Waals surface area contributed by atoms with E-state index in [1.807, 2.05) is 0 Å². The smallest absolute Gasteiger partial charge is 0.339 e. The lowest BCUT2D eigenvalue weighted by atomic mass is 10.2. The monoisotopic (exact) mass is 235 g/mol. The van der Waals surface area contributed by atoms with Gasteiger partial charge in [0.1, 0.15) is 0 Å². The van der Waals surface area contributed by atoms with Gasteiger partial charge in [0.05, 0.1) is 0 Å². The number of hydrogen-bond donors (Lipinski definition) is 1. The first kappa shape index (κ1) is 13.8. The zero-order valence-corrected chi connectivity index (χ0v) is 8.56. The average molecular weight is 235 g/mol. The molecule has 0 aromatic heterocycles. The summed E-state index contributed by atoms with van der Waals surface area (Å²) in [5, 5.41) is 0. The molecule has 0 aliphatic carbocycles. The highest BCUT2D eigenvalue weighted by Gasteiger charge is 2.62. The third-order valence-corrected chi connectivity index (χ3v) is 1.95. The molecule has 8 heteroatoms. The maximum atomic E-state index is 12.4. The molecule has 0 radical (unpaired) electrons. The lowest BCUT2D eigenvalue weighted by Crippen LogP contribution is -2.48. The number of alkyl halides is 3. The van der Waals surface area contributed by atoms with Crippen LogP contribution in [-0.4, -0.2) is 23.5 Å². The second-order valence-electron chi connectivity index (χ2n) is 2.37. The third-order valence-electron chi connectivity index (χ3n) is 1.50. The SMILES string of the molecule is CCOC(CC)(O[P+](=O)O)C(F)(F)F. The van der Waals surface area contributed by atoms with Gasteiger partial charge < -0.3 is 4.74 Å². The normalized spacial score (nSPS) is 17.7. The Labute approximate surface area is 80.0 Å². The van der Waals surface area contributed by atoms with Crippen molar-refractivity contribution in [2.45, 2.75) is 32.2 Å². The summed E-state index contributed by atoms with van der Waals surface area (Å²) in [6, 6.07) is 0. The molecule has 14 heavy (non-hydrogen) atoms. The number of hydrogen-bond acceptors (Lipinski definition) is 3. The van der Waals surface area contributed by atoms with Crippen molar-refractivity contribution in [2.24, 2.45) is 0 Å². The fourth-order valence-electron chi connectivity index (χ4n) is 0.886. The molecule has 0 aromatic carbocycles. The van der Waals surface area contributed by atoms with Crippen molar-refractivity contribution >= 4 is 8.25 Å². The van der Waals surface area contributed by atoms with Crippen LogP contribution in [0.4, 0.5) is 13.2 Å². The number of ether oxygens (including phenoxy) is 1. The summed E-state index contributed by atoms with van der Waals surface area (Å²) < 4.78 is 55.8. The summed E-state index contributed by atoms with van der Waals surface area (Å²) in [5.74, 6) is -2.98. The maximum absolute atomic E-state index is 12.4. The third kappa shape index (κ3) is 3.16. The van der Waals surface area contributed by atoms with E-state index >= 15 is 0 Å². The predicted octanol–water partition coefficient (Wildman–Crippen LogP) is 2.36. The van der Waals surface area contributed by atoms with E-state index in [2.05, 4.69) is 9.26 Å². The van der Waals surface area contributed by atoms with Gasteiger partial charge in [0.25, 0.3) is 0 Å². The van der Waals surface area contributed by atoms with Crippen LogP contribution in [-0.2, 0) is 13.8 Å². The molecule has 0 aliphatic rings. The molecule has 84 valence electrons. The van der Waals surface area contributed by atoms with Crippen LogP contribution in [0.25, 0.3) is 0 Å². The van der Waals surface area contributed by atoms with Crippen molar-refractivity contribution in [2.75, 3.05) is 6.61 Å². The molecule has 0 fully saturated rings. The Morgan fingerprint density at radius 1 is 1.36 bits per heavy atom. The van der Waals surface area contributed by atoms with E-state index in [1.54, 1.807) is 0 Å². The molecule has 4 nitrogen and oxygen atoms in total. The van der Waals surface area contributed by atoms with Crippen LogP contribution in [0.2, 0.25) is 0 Å². The fourth-order valence-corrected chi connectivity index (χ4v) is 1.42. The van der Waals surface area contributed by atoms with E-state index in [0.717, 1.165) is 6.92 Å². The van der Waals surface area contributed by atoms with Crippen LogP contribution < -0.4 is 0 Å². The molecule has 0 saturated carbocycles.